The van der Waals surface area contributed by atoms with E-state index in [4.69, 9.17) is 4.42 Å². The average Bonchev–Trinajstić information content (AvgIpc) is 3.49. The number of carbonyl (C=O) groups excluding carboxylic acids is 1. The first-order valence-corrected chi connectivity index (χ1v) is 11.2. The Morgan fingerprint density at radius 3 is 2.41 bits per heavy atom. The Balaban J connectivity index is 1.50. The minimum Gasteiger partial charge on any atom is -0.449 e. The quantitative estimate of drug-likeness (QED) is 0.346. The highest BCUT2D eigenvalue weighted by atomic mass is 19.1. The molecule has 2 aromatic carbocycles. The van der Waals surface area contributed by atoms with Crippen LogP contribution in [0.15, 0.2) is 65.3 Å². The van der Waals surface area contributed by atoms with Gasteiger partial charge in [-0.2, -0.15) is 0 Å². The molecule has 0 saturated heterocycles. The number of carbonyl (C=O) groups is 1. The smallest absolute Gasteiger partial charge is 0.291 e. The fraction of sp³-hybridized carbons (Fsp3) is 0.231. The Labute approximate surface area is 194 Å². The van der Waals surface area contributed by atoms with Crippen LogP contribution in [0.25, 0.3) is 22.7 Å². The zero-order valence-electron chi connectivity index (χ0n) is 18.2. The average molecular weight is 465 g/mol. The molecule has 0 aliphatic heterocycles. The van der Waals surface area contributed by atoms with Crippen molar-refractivity contribution in [2.45, 2.75) is 38.1 Å². The molecule has 5 rings (SSSR count). The molecule has 0 radical (unpaired) electrons. The number of nitrogens with zero attached hydrogens (tertiary/aromatic N) is 2. The Hall–Kier alpha value is -3.81. The Bertz CT molecular complexity index is 1320. The minimum atomic E-state index is -0.880. The van der Waals surface area contributed by atoms with Gasteiger partial charge in [0, 0.05) is 17.7 Å². The molecule has 1 N–H and O–H groups in total. The number of anilines is 1. The van der Waals surface area contributed by atoms with Gasteiger partial charge in [0.15, 0.2) is 11.5 Å². The molecule has 1 saturated carbocycles. The summed E-state index contributed by atoms with van der Waals surface area (Å²) in [7, 11) is 0. The minimum absolute atomic E-state index is 0.0276. The van der Waals surface area contributed by atoms with Crippen molar-refractivity contribution < 1.29 is 22.4 Å². The number of halogens is 3. The summed E-state index contributed by atoms with van der Waals surface area (Å²) in [6.07, 6.45) is 7.19. The van der Waals surface area contributed by atoms with E-state index < -0.39 is 17.5 Å². The molecule has 8 heteroatoms. The topological polar surface area (TPSA) is 60.1 Å². The van der Waals surface area contributed by atoms with E-state index in [2.05, 4.69) is 14.9 Å². The van der Waals surface area contributed by atoms with Crippen LogP contribution in [0.5, 0.6) is 0 Å². The predicted octanol–water partition coefficient (Wildman–Crippen LogP) is 6.98. The van der Waals surface area contributed by atoms with Gasteiger partial charge in [-0.3, -0.25) is 4.79 Å². The van der Waals surface area contributed by atoms with Gasteiger partial charge in [0.1, 0.15) is 23.1 Å². The fourth-order valence-electron chi connectivity index (χ4n) is 4.42. The monoisotopic (exact) mass is 465 g/mol. The highest BCUT2D eigenvalue weighted by Gasteiger charge is 2.25. The summed E-state index contributed by atoms with van der Waals surface area (Å²) in [5.74, 6) is -2.23. The van der Waals surface area contributed by atoms with Crippen molar-refractivity contribution in [3.05, 3.63) is 84.1 Å². The number of hydrogen-bond acceptors (Lipinski definition) is 3. The van der Waals surface area contributed by atoms with Gasteiger partial charge in [-0.15, -0.1) is 0 Å². The molecule has 0 atom stereocenters. The lowest BCUT2D eigenvalue weighted by Gasteiger charge is -2.24. The lowest BCUT2D eigenvalue weighted by Crippen LogP contribution is -2.13. The Morgan fingerprint density at radius 1 is 0.941 bits per heavy atom. The van der Waals surface area contributed by atoms with Crippen molar-refractivity contribution in [2.24, 2.45) is 0 Å². The van der Waals surface area contributed by atoms with Gasteiger partial charge in [0.2, 0.25) is 0 Å². The van der Waals surface area contributed by atoms with Crippen molar-refractivity contribution >= 4 is 11.6 Å². The maximum atomic E-state index is 14.0. The summed E-state index contributed by atoms with van der Waals surface area (Å²) in [5.41, 5.74) is 1.90. The van der Waals surface area contributed by atoms with Gasteiger partial charge >= 0.3 is 0 Å². The normalized spacial score (nSPS) is 14.3. The zero-order valence-corrected chi connectivity index (χ0v) is 18.2. The molecule has 1 aliphatic carbocycles. The second kappa shape index (κ2) is 9.21. The van der Waals surface area contributed by atoms with Gasteiger partial charge < -0.3 is 14.3 Å². The third-order valence-corrected chi connectivity index (χ3v) is 6.12. The Morgan fingerprint density at radius 2 is 1.68 bits per heavy atom. The molecule has 1 aliphatic rings. The van der Waals surface area contributed by atoms with Gasteiger partial charge in [-0.25, -0.2) is 18.2 Å². The van der Waals surface area contributed by atoms with Crippen LogP contribution in [0.2, 0.25) is 0 Å². The summed E-state index contributed by atoms with van der Waals surface area (Å²) >= 11 is 0. The van der Waals surface area contributed by atoms with Gasteiger partial charge in [-0.05, 0) is 61.4 Å². The SMILES string of the molecule is O=C(Nc1ccc(F)cc1F)c1ccc(-c2c(-c3ccc(F)cc3)ncn2C2CCCCC2)o1. The third kappa shape index (κ3) is 4.35. The van der Waals surface area contributed by atoms with Crippen LogP contribution in [-0.2, 0) is 0 Å². The Kier molecular flexibility index (Phi) is 5.96. The summed E-state index contributed by atoms with van der Waals surface area (Å²) in [4.78, 5) is 17.3. The molecular weight excluding hydrogens is 443 g/mol. The van der Waals surface area contributed by atoms with E-state index in [1.165, 1.54) is 24.6 Å². The van der Waals surface area contributed by atoms with E-state index in [1.54, 1.807) is 24.5 Å². The number of nitrogens with one attached hydrogen (secondary N) is 1. The number of hydrogen-bond donors (Lipinski definition) is 1. The maximum absolute atomic E-state index is 14.0. The summed E-state index contributed by atoms with van der Waals surface area (Å²) in [5, 5.41) is 2.40. The number of furan rings is 1. The second-order valence-electron chi connectivity index (χ2n) is 8.39. The van der Waals surface area contributed by atoms with Crippen LogP contribution < -0.4 is 5.32 Å². The molecule has 4 aromatic rings. The number of rotatable bonds is 5. The molecule has 1 fully saturated rings. The van der Waals surface area contributed by atoms with Crippen LogP contribution in [0.3, 0.4) is 0 Å². The van der Waals surface area contributed by atoms with Crippen LogP contribution in [-0.4, -0.2) is 15.5 Å². The van der Waals surface area contributed by atoms with E-state index in [1.807, 2.05) is 0 Å². The van der Waals surface area contributed by atoms with Crippen molar-refractivity contribution in [2.75, 3.05) is 5.32 Å². The summed E-state index contributed by atoms with van der Waals surface area (Å²) < 4.78 is 48.6. The number of imidazole rings is 1. The standard InChI is InChI=1S/C26H22F3N3O2/c27-17-8-6-16(7-9-17)24-25(32(15-30-24)19-4-2-1-3-5-19)22-12-13-23(34-22)26(33)31-21-11-10-18(28)14-20(21)29/h6-15,19H,1-5H2,(H,31,33). The molecule has 0 spiro atoms. The first-order chi connectivity index (χ1) is 16.5. The summed E-state index contributed by atoms with van der Waals surface area (Å²) in [6.45, 7) is 0. The number of benzene rings is 2. The van der Waals surface area contributed by atoms with Crippen LogP contribution in [0.1, 0.15) is 48.7 Å². The van der Waals surface area contributed by atoms with E-state index >= 15 is 0 Å². The largest absolute Gasteiger partial charge is 0.449 e. The molecule has 0 unspecified atom stereocenters. The maximum Gasteiger partial charge on any atom is 0.291 e. The van der Waals surface area contributed by atoms with Gasteiger partial charge in [0.25, 0.3) is 5.91 Å². The highest BCUT2D eigenvalue weighted by Crippen LogP contribution is 2.38. The first-order valence-electron chi connectivity index (χ1n) is 11.2. The molecule has 34 heavy (non-hydrogen) atoms. The lowest BCUT2D eigenvalue weighted by atomic mass is 9.95. The molecule has 5 nitrogen and oxygen atoms in total. The van der Waals surface area contributed by atoms with E-state index in [9.17, 15) is 18.0 Å². The van der Waals surface area contributed by atoms with E-state index in [0.717, 1.165) is 43.4 Å². The lowest BCUT2D eigenvalue weighted by molar-refractivity contribution is 0.0997. The van der Waals surface area contributed by atoms with E-state index in [-0.39, 0.29) is 23.3 Å². The van der Waals surface area contributed by atoms with Crippen molar-refractivity contribution in [1.29, 1.82) is 0 Å². The molecular formula is C26H22F3N3O2. The molecule has 0 bridgehead atoms. The van der Waals surface area contributed by atoms with Gasteiger partial charge in [0.05, 0.1) is 17.7 Å². The van der Waals surface area contributed by atoms with Crippen molar-refractivity contribution in [1.82, 2.24) is 9.55 Å². The predicted molar refractivity (Wildman–Crippen MR) is 122 cm³/mol. The highest BCUT2D eigenvalue weighted by molar-refractivity contribution is 6.02. The van der Waals surface area contributed by atoms with Crippen LogP contribution in [0.4, 0.5) is 18.9 Å². The van der Waals surface area contributed by atoms with E-state index in [0.29, 0.717) is 23.2 Å². The molecule has 1 amide bonds. The number of aromatic nitrogens is 2. The van der Waals surface area contributed by atoms with Gasteiger partial charge in [-0.1, -0.05) is 19.3 Å². The second-order valence-corrected chi connectivity index (χ2v) is 8.39. The van der Waals surface area contributed by atoms with Crippen molar-refractivity contribution in [3.63, 3.8) is 0 Å². The number of amides is 1. The fourth-order valence-corrected chi connectivity index (χ4v) is 4.42. The van der Waals surface area contributed by atoms with Crippen LogP contribution in [0, 0.1) is 17.5 Å². The molecule has 2 heterocycles. The summed E-state index contributed by atoms with van der Waals surface area (Å²) in [6, 6.07) is 12.4. The van der Waals surface area contributed by atoms with Crippen LogP contribution >= 0.6 is 0 Å². The zero-order chi connectivity index (χ0) is 23.7. The molecule has 174 valence electrons. The van der Waals surface area contributed by atoms with Crippen molar-refractivity contribution in [3.8, 4) is 22.7 Å². The first kappa shape index (κ1) is 22.0. The molecule has 2 aromatic heterocycles. The third-order valence-electron chi connectivity index (χ3n) is 6.12.